The smallest absolute Gasteiger partial charge is 0.261 e. The van der Waals surface area contributed by atoms with E-state index in [-0.39, 0.29) is 23.5 Å². The van der Waals surface area contributed by atoms with E-state index in [1.54, 1.807) is 18.2 Å². The first kappa shape index (κ1) is 16.3. The Bertz CT molecular complexity index is 848. The first-order valence-corrected chi connectivity index (χ1v) is 8.40. The first-order valence-electron chi connectivity index (χ1n) is 7.42. The number of rotatable bonds is 4. The molecule has 0 radical (unpaired) electrons. The molecule has 0 atom stereocenters. The zero-order valence-corrected chi connectivity index (χ0v) is 14.1. The number of hydrogen-bond donors (Lipinski definition) is 1. The molecule has 0 spiro atoms. The van der Waals surface area contributed by atoms with E-state index in [4.69, 9.17) is 0 Å². The molecule has 24 heavy (non-hydrogen) atoms. The normalized spacial score (nSPS) is 13.2. The Kier molecular flexibility index (Phi) is 4.40. The summed E-state index contributed by atoms with van der Waals surface area (Å²) in [4.78, 5) is 38.1. The maximum atomic E-state index is 12.1. The number of aryl methyl sites for hydroxylation is 1. The van der Waals surface area contributed by atoms with Crippen molar-refractivity contribution in [1.29, 1.82) is 0 Å². The third-order valence-electron chi connectivity index (χ3n) is 3.83. The molecule has 3 rings (SSSR count). The topological polar surface area (TPSA) is 66.5 Å². The van der Waals surface area contributed by atoms with Crippen LogP contribution in [0.1, 0.15) is 26.3 Å². The highest BCUT2D eigenvalue weighted by Gasteiger charge is 2.32. The van der Waals surface area contributed by atoms with Crippen LogP contribution in [-0.2, 0) is 4.79 Å². The van der Waals surface area contributed by atoms with Gasteiger partial charge in [0.2, 0.25) is 5.91 Å². The summed E-state index contributed by atoms with van der Waals surface area (Å²) in [5, 5.41) is 2.77. The Balaban J connectivity index is 1.67. The molecule has 1 heterocycles. The number of carbonyl (C=O) groups is 3. The predicted molar refractivity (Wildman–Crippen MR) is 93.4 cm³/mol. The number of carbonyl (C=O) groups excluding carboxylic acids is 3. The SMILES string of the molecule is Cc1ccccc1SCC(=O)Nc1ccc2c(c1)C(=O)N(C)C2=O. The average Bonchev–Trinajstić information content (AvgIpc) is 2.78. The summed E-state index contributed by atoms with van der Waals surface area (Å²) in [6.45, 7) is 2.00. The highest BCUT2D eigenvalue weighted by Crippen LogP contribution is 2.25. The molecule has 122 valence electrons. The molecule has 2 aromatic rings. The standard InChI is InChI=1S/C18H16N2O3S/c1-11-5-3-4-6-15(11)24-10-16(21)19-12-7-8-13-14(9-12)18(23)20(2)17(13)22/h3-9H,10H2,1-2H3,(H,19,21). The van der Waals surface area contributed by atoms with Crippen LogP contribution >= 0.6 is 11.8 Å². The van der Waals surface area contributed by atoms with Crippen molar-refractivity contribution in [2.75, 3.05) is 18.1 Å². The predicted octanol–water partition coefficient (Wildman–Crippen LogP) is 2.95. The maximum absolute atomic E-state index is 12.1. The minimum Gasteiger partial charge on any atom is -0.325 e. The fourth-order valence-electron chi connectivity index (χ4n) is 2.50. The van der Waals surface area contributed by atoms with Crippen molar-refractivity contribution in [2.24, 2.45) is 0 Å². The lowest BCUT2D eigenvalue weighted by molar-refractivity contribution is -0.113. The average molecular weight is 340 g/mol. The van der Waals surface area contributed by atoms with Gasteiger partial charge < -0.3 is 5.32 Å². The fourth-order valence-corrected chi connectivity index (χ4v) is 3.33. The number of hydrogen-bond acceptors (Lipinski definition) is 4. The van der Waals surface area contributed by atoms with Crippen molar-refractivity contribution in [2.45, 2.75) is 11.8 Å². The lowest BCUT2D eigenvalue weighted by Gasteiger charge is -2.07. The van der Waals surface area contributed by atoms with Crippen LogP contribution in [0.15, 0.2) is 47.4 Å². The molecule has 3 amide bonds. The fraction of sp³-hybridized carbons (Fsp3) is 0.167. The molecular formula is C18H16N2O3S. The molecule has 6 heteroatoms. The van der Waals surface area contributed by atoms with E-state index in [1.165, 1.54) is 18.8 Å². The highest BCUT2D eigenvalue weighted by molar-refractivity contribution is 8.00. The van der Waals surface area contributed by atoms with Gasteiger partial charge in [-0.3, -0.25) is 19.3 Å². The Hall–Kier alpha value is -2.60. The molecule has 0 fully saturated rings. The van der Waals surface area contributed by atoms with Crippen LogP contribution < -0.4 is 5.32 Å². The second kappa shape index (κ2) is 6.49. The van der Waals surface area contributed by atoms with E-state index in [9.17, 15) is 14.4 Å². The van der Waals surface area contributed by atoms with Gasteiger partial charge in [-0.15, -0.1) is 11.8 Å². The van der Waals surface area contributed by atoms with Gasteiger partial charge in [-0.25, -0.2) is 0 Å². The van der Waals surface area contributed by atoms with E-state index in [0.29, 0.717) is 16.8 Å². The van der Waals surface area contributed by atoms with Gasteiger partial charge in [0.15, 0.2) is 0 Å². The minimum atomic E-state index is -0.347. The van der Waals surface area contributed by atoms with Crippen molar-refractivity contribution in [3.8, 4) is 0 Å². The monoisotopic (exact) mass is 340 g/mol. The summed E-state index contributed by atoms with van der Waals surface area (Å²) < 4.78 is 0. The molecule has 0 bridgehead atoms. The Morgan fingerprint density at radius 3 is 2.54 bits per heavy atom. The van der Waals surface area contributed by atoms with Crippen LogP contribution in [0.4, 0.5) is 5.69 Å². The van der Waals surface area contributed by atoms with Gasteiger partial charge >= 0.3 is 0 Å². The largest absolute Gasteiger partial charge is 0.325 e. The van der Waals surface area contributed by atoms with Crippen molar-refractivity contribution in [1.82, 2.24) is 4.90 Å². The molecule has 2 aromatic carbocycles. The quantitative estimate of drug-likeness (QED) is 0.686. The second-order valence-corrected chi connectivity index (χ2v) is 6.55. The van der Waals surface area contributed by atoms with Crippen molar-refractivity contribution in [3.05, 3.63) is 59.2 Å². The first-order chi connectivity index (χ1) is 11.5. The minimum absolute atomic E-state index is 0.159. The number of fused-ring (bicyclic) bond motifs is 1. The summed E-state index contributed by atoms with van der Waals surface area (Å²) >= 11 is 1.46. The summed E-state index contributed by atoms with van der Waals surface area (Å²) in [6.07, 6.45) is 0. The maximum Gasteiger partial charge on any atom is 0.261 e. The molecular weight excluding hydrogens is 324 g/mol. The molecule has 0 saturated carbocycles. The lowest BCUT2D eigenvalue weighted by Crippen LogP contribution is -2.24. The van der Waals surface area contributed by atoms with Crippen molar-refractivity contribution < 1.29 is 14.4 Å². The van der Waals surface area contributed by atoms with Gasteiger partial charge in [0.25, 0.3) is 11.8 Å². The van der Waals surface area contributed by atoms with Gasteiger partial charge in [0, 0.05) is 17.6 Å². The summed E-state index contributed by atoms with van der Waals surface area (Å²) in [5.41, 5.74) is 2.34. The zero-order valence-electron chi connectivity index (χ0n) is 13.3. The molecule has 5 nitrogen and oxygen atoms in total. The second-order valence-electron chi connectivity index (χ2n) is 5.53. The van der Waals surface area contributed by atoms with Crippen LogP contribution in [0.3, 0.4) is 0 Å². The number of amides is 3. The van der Waals surface area contributed by atoms with Gasteiger partial charge in [-0.05, 0) is 36.8 Å². The van der Waals surface area contributed by atoms with Gasteiger partial charge in [0.1, 0.15) is 0 Å². The molecule has 1 N–H and O–H groups in total. The summed E-state index contributed by atoms with van der Waals surface area (Å²) in [7, 11) is 1.45. The lowest BCUT2D eigenvalue weighted by atomic mass is 10.1. The van der Waals surface area contributed by atoms with Gasteiger partial charge in [-0.1, -0.05) is 18.2 Å². The van der Waals surface area contributed by atoms with Crippen LogP contribution in [0.5, 0.6) is 0 Å². The third-order valence-corrected chi connectivity index (χ3v) is 5.00. The molecule has 0 aromatic heterocycles. The summed E-state index contributed by atoms with van der Waals surface area (Å²) in [5.74, 6) is -0.550. The van der Waals surface area contributed by atoms with Gasteiger partial charge in [0.05, 0.1) is 16.9 Å². The van der Waals surface area contributed by atoms with Crippen molar-refractivity contribution in [3.63, 3.8) is 0 Å². The molecule has 1 aliphatic heterocycles. The highest BCUT2D eigenvalue weighted by atomic mass is 32.2. The van der Waals surface area contributed by atoms with Crippen LogP contribution in [0.2, 0.25) is 0 Å². The van der Waals surface area contributed by atoms with E-state index in [0.717, 1.165) is 15.4 Å². The Labute approximate surface area is 144 Å². The number of benzene rings is 2. The molecule has 0 unspecified atom stereocenters. The van der Waals surface area contributed by atoms with E-state index in [1.807, 2.05) is 31.2 Å². The van der Waals surface area contributed by atoms with Crippen LogP contribution in [0, 0.1) is 6.92 Å². The molecule has 1 aliphatic rings. The zero-order chi connectivity index (χ0) is 17.3. The molecule has 0 aliphatic carbocycles. The Morgan fingerprint density at radius 1 is 1.08 bits per heavy atom. The van der Waals surface area contributed by atoms with E-state index >= 15 is 0 Å². The van der Waals surface area contributed by atoms with Gasteiger partial charge in [-0.2, -0.15) is 0 Å². The number of nitrogens with zero attached hydrogens (tertiary/aromatic N) is 1. The van der Waals surface area contributed by atoms with E-state index in [2.05, 4.69) is 5.32 Å². The number of anilines is 1. The number of thioether (sulfide) groups is 1. The summed E-state index contributed by atoms with van der Waals surface area (Å²) in [6, 6.07) is 12.6. The molecule has 0 saturated heterocycles. The van der Waals surface area contributed by atoms with E-state index < -0.39 is 0 Å². The number of imide groups is 1. The van der Waals surface area contributed by atoms with Crippen LogP contribution in [-0.4, -0.2) is 35.4 Å². The third kappa shape index (κ3) is 3.05. The number of nitrogens with one attached hydrogen (secondary N) is 1. The van der Waals surface area contributed by atoms with Crippen LogP contribution in [0.25, 0.3) is 0 Å². The Morgan fingerprint density at radius 2 is 1.79 bits per heavy atom. The van der Waals surface area contributed by atoms with Crippen molar-refractivity contribution >= 4 is 35.2 Å².